The number of nitrogens with zero attached hydrogens (tertiary/aromatic N) is 4. The lowest BCUT2D eigenvalue weighted by Gasteiger charge is -2.27. The number of nitrogens with one attached hydrogen (secondary N) is 1. The molecule has 1 N–H and O–H groups in total. The average molecular weight is 411 g/mol. The van der Waals surface area contributed by atoms with Crippen molar-refractivity contribution >= 4 is 29.0 Å². The van der Waals surface area contributed by atoms with E-state index in [-0.39, 0.29) is 23.0 Å². The number of ether oxygens (including phenoxy) is 2. The normalized spacial score (nSPS) is 15.4. The fourth-order valence-electron chi connectivity index (χ4n) is 3.12. The number of benzene rings is 1. The molecule has 10 heteroatoms. The minimum Gasteiger partial charge on any atom is -0.494 e. The minimum absolute atomic E-state index is 0.0204. The van der Waals surface area contributed by atoms with Crippen LogP contribution in [0.4, 0.5) is 5.95 Å². The number of anilines is 1. The maximum Gasteiger partial charge on any atom is 0.355 e. The van der Waals surface area contributed by atoms with Gasteiger partial charge in [0.25, 0.3) is 0 Å². The van der Waals surface area contributed by atoms with Gasteiger partial charge in [0.1, 0.15) is 17.5 Å². The third kappa shape index (κ3) is 3.38. The molecule has 0 radical (unpaired) electrons. The van der Waals surface area contributed by atoms with Gasteiger partial charge in [-0.05, 0) is 53.1 Å². The number of methoxy groups -OCH3 is 1. The van der Waals surface area contributed by atoms with Crippen LogP contribution in [-0.4, -0.2) is 45.7 Å². The fraction of sp³-hybridized carbons (Fsp3) is 0.211. The van der Waals surface area contributed by atoms with Crippen LogP contribution in [-0.2, 0) is 9.53 Å². The number of carbonyl (C=O) groups is 2. The molecule has 4 rings (SSSR count). The van der Waals surface area contributed by atoms with Crippen LogP contribution in [0.5, 0.6) is 5.75 Å². The van der Waals surface area contributed by atoms with Gasteiger partial charge in [-0.2, -0.15) is 4.68 Å². The van der Waals surface area contributed by atoms with Crippen LogP contribution in [0.3, 0.4) is 0 Å². The lowest BCUT2D eigenvalue weighted by atomic mass is 9.93. The summed E-state index contributed by atoms with van der Waals surface area (Å²) in [5, 5.41) is 16.3. The van der Waals surface area contributed by atoms with E-state index >= 15 is 0 Å². The second kappa shape index (κ2) is 7.84. The predicted octanol–water partition coefficient (Wildman–Crippen LogP) is 2.46. The van der Waals surface area contributed by atoms with E-state index in [1.165, 1.54) is 23.1 Å². The first-order valence-electron chi connectivity index (χ1n) is 8.82. The van der Waals surface area contributed by atoms with Gasteiger partial charge in [-0.25, -0.2) is 4.79 Å². The monoisotopic (exact) mass is 411 g/mol. The van der Waals surface area contributed by atoms with E-state index in [1.807, 2.05) is 24.4 Å². The number of ketones is 1. The van der Waals surface area contributed by atoms with E-state index in [1.54, 1.807) is 24.3 Å². The van der Waals surface area contributed by atoms with E-state index in [0.29, 0.717) is 17.9 Å². The topological polar surface area (TPSA) is 108 Å². The van der Waals surface area contributed by atoms with Gasteiger partial charge in [0.2, 0.25) is 5.95 Å². The highest BCUT2D eigenvalue weighted by molar-refractivity contribution is 7.10. The maximum absolute atomic E-state index is 13.5. The van der Waals surface area contributed by atoms with Crippen molar-refractivity contribution in [3.05, 3.63) is 63.5 Å². The Morgan fingerprint density at radius 2 is 2.03 bits per heavy atom. The molecule has 0 spiro atoms. The summed E-state index contributed by atoms with van der Waals surface area (Å²) >= 11 is 1.44. The van der Waals surface area contributed by atoms with Crippen molar-refractivity contribution in [1.82, 2.24) is 20.2 Å². The molecule has 1 aliphatic rings. The molecular weight excluding hydrogens is 394 g/mol. The van der Waals surface area contributed by atoms with Crippen molar-refractivity contribution in [2.24, 2.45) is 0 Å². The summed E-state index contributed by atoms with van der Waals surface area (Å²) in [6.45, 7) is 2.41. The number of Topliss-reactive ketones (excluding diaryl/α,β-unsaturated/α-hetero) is 1. The van der Waals surface area contributed by atoms with Crippen LogP contribution < -0.4 is 10.1 Å². The molecule has 1 aromatic carbocycles. The van der Waals surface area contributed by atoms with Gasteiger partial charge in [-0.1, -0.05) is 11.2 Å². The second-order valence-corrected chi connectivity index (χ2v) is 7.04. The minimum atomic E-state index is -0.671. The van der Waals surface area contributed by atoms with Crippen LogP contribution in [0.1, 0.15) is 28.2 Å². The highest BCUT2D eigenvalue weighted by Crippen LogP contribution is 2.38. The summed E-state index contributed by atoms with van der Waals surface area (Å²) < 4.78 is 11.8. The Balaban J connectivity index is 1.85. The van der Waals surface area contributed by atoms with E-state index in [0.717, 1.165) is 4.88 Å². The zero-order chi connectivity index (χ0) is 20.4. The highest BCUT2D eigenvalue weighted by Gasteiger charge is 2.38. The molecule has 0 saturated heterocycles. The number of allylic oxidation sites excluding steroid dienone is 1. The molecule has 3 heterocycles. The van der Waals surface area contributed by atoms with Crippen molar-refractivity contribution < 1.29 is 19.1 Å². The Kier molecular flexibility index (Phi) is 5.09. The van der Waals surface area contributed by atoms with Crippen LogP contribution >= 0.6 is 11.3 Å². The summed E-state index contributed by atoms with van der Waals surface area (Å²) in [5.41, 5.74) is 0.639. The van der Waals surface area contributed by atoms with Crippen molar-refractivity contribution in [3.63, 3.8) is 0 Å². The van der Waals surface area contributed by atoms with E-state index in [9.17, 15) is 9.59 Å². The van der Waals surface area contributed by atoms with Gasteiger partial charge in [0.05, 0.1) is 19.3 Å². The van der Waals surface area contributed by atoms with E-state index in [2.05, 4.69) is 20.8 Å². The molecule has 1 aliphatic heterocycles. The molecule has 29 heavy (non-hydrogen) atoms. The lowest BCUT2D eigenvalue weighted by molar-refractivity contribution is -0.136. The molecule has 0 saturated carbocycles. The molecule has 0 aliphatic carbocycles. The number of aromatic nitrogens is 4. The van der Waals surface area contributed by atoms with Crippen LogP contribution in [0.2, 0.25) is 0 Å². The SMILES string of the molecule is CCOc1ccc(C(=O)C2=C(C(=O)OC)Nc3nnnn3[C@H]2c2cccs2)cc1. The van der Waals surface area contributed by atoms with Crippen molar-refractivity contribution in [3.8, 4) is 5.75 Å². The molecule has 9 nitrogen and oxygen atoms in total. The Bertz CT molecular complexity index is 1070. The third-order valence-electron chi connectivity index (χ3n) is 4.39. The molecule has 0 fully saturated rings. The van der Waals surface area contributed by atoms with E-state index in [4.69, 9.17) is 9.47 Å². The Labute approximate surface area is 169 Å². The number of rotatable bonds is 6. The molecule has 0 amide bonds. The highest BCUT2D eigenvalue weighted by atomic mass is 32.1. The molecule has 148 valence electrons. The number of hydrogen-bond acceptors (Lipinski definition) is 9. The van der Waals surface area contributed by atoms with Crippen LogP contribution in [0.25, 0.3) is 0 Å². The van der Waals surface area contributed by atoms with E-state index < -0.39 is 12.0 Å². The van der Waals surface area contributed by atoms with Gasteiger partial charge in [0, 0.05) is 10.4 Å². The first-order valence-corrected chi connectivity index (χ1v) is 9.70. The third-order valence-corrected chi connectivity index (χ3v) is 5.32. The molecule has 2 aromatic heterocycles. The number of hydrogen-bond donors (Lipinski definition) is 1. The van der Waals surface area contributed by atoms with Crippen LogP contribution in [0.15, 0.2) is 53.0 Å². The Hall–Kier alpha value is -3.53. The standard InChI is InChI=1S/C19H17N5O4S/c1-3-28-12-8-6-11(7-9-12)17(25)14-15(18(26)27-2)20-19-21-22-23-24(19)16(14)13-5-4-10-29-13/h4-10,16H,3H2,1-2H3,(H,20,21,23)/t16-/m0/s1. The predicted molar refractivity (Wildman–Crippen MR) is 105 cm³/mol. The molecule has 0 bridgehead atoms. The van der Waals surface area contributed by atoms with Gasteiger partial charge >= 0.3 is 5.97 Å². The number of thiophene rings is 1. The molecule has 3 aromatic rings. The molecular formula is C19H17N5O4S. The Morgan fingerprint density at radius 1 is 1.24 bits per heavy atom. The van der Waals surface area contributed by atoms with Gasteiger partial charge in [-0.15, -0.1) is 11.3 Å². The summed E-state index contributed by atoms with van der Waals surface area (Å²) in [7, 11) is 1.26. The smallest absolute Gasteiger partial charge is 0.355 e. The summed E-state index contributed by atoms with van der Waals surface area (Å²) in [6, 6.07) is 9.83. The number of tetrazole rings is 1. The number of esters is 1. The Morgan fingerprint density at radius 3 is 2.69 bits per heavy atom. The van der Waals surface area contributed by atoms with Crippen molar-refractivity contribution in [2.45, 2.75) is 13.0 Å². The molecule has 1 atom stereocenters. The van der Waals surface area contributed by atoms with Gasteiger partial charge < -0.3 is 14.8 Å². The first kappa shape index (κ1) is 18.8. The fourth-order valence-corrected chi connectivity index (χ4v) is 3.94. The quantitative estimate of drug-likeness (QED) is 0.487. The summed E-state index contributed by atoms with van der Waals surface area (Å²) in [6.07, 6.45) is 0. The van der Waals surface area contributed by atoms with Crippen LogP contribution in [0, 0.1) is 0 Å². The zero-order valence-corrected chi connectivity index (χ0v) is 16.5. The van der Waals surface area contributed by atoms with Crippen molar-refractivity contribution in [1.29, 1.82) is 0 Å². The zero-order valence-electron chi connectivity index (χ0n) is 15.7. The first-order chi connectivity index (χ1) is 14.1. The largest absolute Gasteiger partial charge is 0.494 e. The summed E-state index contributed by atoms with van der Waals surface area (Å²) in [4.78, 5) is 26.8. The lowest BCUT2D eigenvalue weighted by Crippen LogP contribution is -2.32. The van der Waals surface area contributed by atoms with Gasteiger partial charge in [-0.3, -0.25) is 4.79 Å². The molecule has 0 unspecified atom stereocenters. The second-order valence-electron chi connectivity index (χ2n) is 6.06. The number of fused-ring (bicyclic) bond motifs is 1. The average Bonchev–Trinajstić information content (AvgIpc) is 3.44. The van der Waals surface area contributed by atoms with Crippen molar-refractivity contribution in [2.75, 3.05) is 19.0 Å². The van der Waals surface area contributed by atoms with Gasteiger partial charge in [0.15, 0.2) is 5.78 Å². The number of carbonyl (C=O) groups excluding carboxylic acids is 2. The summed E-state index contributed by atoms with van der Waals surface area (Å²) in [5.74, 6) is -0.0896. The maximum atomic E-state index is 13.5.